The summed E-state index contributed by atoms with van der Waals surface area (Å²) in [6.07, 6.45) is 5.35. The first kappa shape index (κ1) is 18.7. The summed E-state index contributed by atoms with van der Waals surface area (Å²) in [7, 11) is 0. The van der Waals surface area contributed by atoms with Gasteiger partial charge in [0.1, 0.15) is 11.7 Å². The van der Waals surface area contributed by atoms with Gasteiger partial charge in [-0.1, -0.05) is 6.07 Å². The Hall–Kier alpha value is -2.67. The van der Waals surface area contributed by atoms with Gasteiger partial charge in [-0.2, -0.15) is 0 Å². The normalized spacial score (nSPS) is 20.5. The minimum absolute atomic E-state index is 0.0417. The highest BCUT2D eigenvalue weighted by Gasteiger charge is 2.39. The number of amides is 2. The van der Waals surface area contributed by atoms with Gasteiger partial charge < -0.3 is 14.4 Å². The van der Waals surface area contributed by atoms with Crippen LogP contribution in [0.15, 0.2) is 42.9 Å². The van der Waals surface area contributed by atoms with E-state index in [2.05, 4.69) is 23.7 Å². The van der Waals surface area contributed by atoms with E-state index < -0.39 is 6.04 Å². The lowest BCUT2D eigenvalue weighted by Crippen LogP contribution is -2.59. The van der Waals surface area contributed by atoms with Gasteiger partial charge in [0.25, 0.3) is 5.91 Å². The van der Waals surface area contributed by atoms with Gasteiger partial charge >= 0.3 is 0 Å². The Morgan fingerprint density at radius 1 is 1.18 bits per heavy atom. The number of hydrogen-bond donors (Lipinski definition) is 0. The highest BCUT2D eigenvalue weighted by Crippen LogP contribution is 2.23. The Balaban J connectivity index is 1.56. The first-order chi connectivity index (χ1) is 13.5. The van der Waals surface area contributed by atoms with Crippen molar-refractivity contribution in [2.45, 2.75) is 39.0 Å². The van der Waals surface area contributed by atoms with Gasteiger partial charge in [0.05, 0.1) is 6.54 Å². The van der Waals surface area contributed by atoms with E-state index >= 15 is 0 Å². The molecule has 0 saturated carbocycles. The van der Waals surface area contributed by atoms with Gasteiger partial charge in [-0.05, 0) is 37.6 Å². The van der Waals surface area contributed by atoms with Crippen LogP contribution in [0.4, 0.5) is 0 Å². The molecule has 0 radical (unpaired) electrons. The van der Waals surface area contributed by atoms with Crippen molar-refractivity contribution in [2.75, 3.05) is 26.2 Å². The van der Waals surface area contributed by atoms with Gasteiger partial charge in [-0.3, -0.25) is 19.5 Å². The lowest BCUT2D eigenvalue weighted by molar-refractivity contribution is -0.139. The van der Waals surface area contributed by atoms with E-state index in [1.807, 2.05) is 39.9 Å². The number of carbonyl (C=O) groups excluding carboxylic acids is 2. The SMILES string of the molecule is CC(C)N1CCN(C(=O)C2Cn3cccc3C(=O)N2Cc2cccnc2)CC1. The zero-order valence-corrected chi connectivity index (χ0v) is 16.5. The summed E-state index contributed by atoms with van der Waals surface area (Å²) >= 11 is 0. The Kier molecular flexibility index (Phi) is 5.17. The third-order valence-corrected chi connectivity index (χ3v) is 5.77. The second-order valence-corrected chi connectivity index (χ2v) is 7.81. The van der Waals surface area contributed by atoms with Gasteiger partial charge in [0, 0.05) is 57.4 Å². The molecule has 0 aliphatic carbocycles. The van der Waals surface area contributed by atoms with E-state index in [1.54, 1.807) is 17.3 Å². The second kappa shape index (κ2) is 7.75. The Bertz CT molecular complexity index is 839. The molecular weight excluding hydrogens is 354 g/mol. The predicted octanol–water partition coefficient (Wildman–Crippen LogP) is 1.46. The molecule has 28 heavy (non-hydrogen) atoms. The van der Waals surface area contributed by atoms with Crippen LogP contribution in [0.1, 0.15) is 29.9 Å². The molecule has 0 aromatic carbocycles. The van der Waals surface area contributed by atoms with Crippen LogP contribution in [0, 0.1) is 0 Å². The van der Waals surface area contributed by atoms with Gasteiger partial charge in [0.2, 0.25) is 5.91 Å². The fraction of sp³-hybridized carbons (Fsp3) is 0.476. The summed E-state index contributed by atoms with van der Waals surface area (Å²) < 4.78 is 1.90. The van der Waals surface area contributed by atoms with Crippen LogP contribution < -0.4 is 0 Å². The van der Waals surface area contributed by atoms with E-state index in [0.29, 0.717) is 37.9 Å². The molecule has 7 heteroatoms. The van der Waals surface area contributed by atoms with Crippen molar-refractivity contribution in [2.24, 2.45) is 0 Å². The molecule has 0 bridgehead atoms. The van der Waals surface area contributed by atoms with E-state index in [4.69, 9.17) is 0 Å². The minimum atomic E-state index is -0.488. The lowest BCUT2D eigenvalue weighted by Gasteiger charge is -2.42. The molecule has 4 heterocycles. The maximum Gasteiger partial charge on any atom is 0.271 e. The Labute approximate surface area is 165 Å². The average molecular weight is 381 g/mol. The molecule has 2 aromatic heterocycles. The lowest BCUT2D eigenvalue weighted by atomic mass is 10.1. The van der Waals surface area contributed by atoms with Gasteiger partial charge in [-0.25, -0.2) is 0 Å². The van der Waals surface area contributed by atoms with E-state index in [0.717, 1.165) is 18.7 Å². The number of pyridine rings is 1. The van der Waals surface area contributed by atoms with E-state index in [1.165, 1.54) is 0 Å². The molecule has 2 aromatic rings. The molecular formula is C21H27N5O2. The number of piperazine rings is 1. The highest BCUT2D eigenvalue weighted by molar-refractivity contribution is 5.97. The van der Waals surface area contributed by atoms with Crippen molar-refractivity contribution in [1.82, 2.24) is 24.3 Å². The minimum Gasteiger partial charge on any atom is -0.341 e. The third kappa shape index (κ3) is 3.54. The maximum absolute atomic E-state index is 13.4. The number of rotatable bonds is 4. The first-order valence-corrected chi connectivity index (χ1v) is 9.92. The standard InChI is InChI=1S/C21H27N5O2/c1-16(2)23-9-11-24(12-10-23)20(27)19-15-25-8-4-6-18(25)21(28)26(19)14-17-5-3-7-22-13-17/h3-8,13,16,19H,9-12,14-15H2,1-2H3. The number of nitrogens with zero attached hydrogens (tertiary/aromatic N) is 5. The zero-order chi connectivity index (χ0) is 19.7. The Morgan fingerprint density at radius 3 is 2.64 bits per heavy atom. The van der Waals surface area contributed by atoms with Gasteiger partial charge in [0.15, 0.2) is 0 Å². The number of carbonyl (C=O) groups is 2. The summed E-state index contributed by atoms with van der Waals surface area (Å²) in [5, 5.41) is 0. The molecule has 1 fully saturated rings. The molecule has 4 rings (SSSR count). The molecule has 148 valence electrons. The van der Waals surface area contributed by atoms with Crippen LogP contribution in [-0.4, -0.2) is 74.3 Å². The number of fused-ring (bicyclic) bond motifs is 1. The summed E-state index contributed by atoms with van der Waals surface area (Å²) in [5.74, 6) is -0.0562. The molecule has 1 atom stereocenters. The third-order valence-electron chi connectivity index (χ3n) is 5.77. The smallest absolute Gasteiger partial charge is 0.271 e. The molecule has 2 aliphatic rings. The van der Waals surface area contributed by atoms with Crippen molar-refractivity contribution < 1.29 is 9.59 Å². The molecule has 0 N–H and O–H groups in total. The van der Waals surface area contributed by atoms with Crippen LogP contribution in [0.5, 0.6) is 0 Å². The molecule has 2 aliphatic heterocycles. The quantitative estimate of drug-likeness (QED) is 0.805. The monoisotopic (exact) mass is 381 g/mol. The van der Waals surface area contributed by atoms with Crippen molar-refractivity contribution in [3.63, 3.8) is 0 Å². The summed E-state index contributed by atoms with van der Waals surface area (Å²) in [4.78, 5) is 36.7. The number of aromatic nitrogens is 2. The van der Waals surface area contributed by atoms with Gasteiger partial charge in [-0.15, -0.1) is 0 Å². The predicted molar refractivity (Wildman–Crippen MR) is 106 cm³/mol. The van der Waals surface area contributed by atoms with Crippen LogP contribution >= 0.6 is 0 Å². The van der Waals surface area contributed by atoms with Crippen molar-refractivity contribution in [3.8, 4) is 0 Å². The van der Waals surface area contributed by atoms with E-state index in [9.17, 15) is 9.59 Å². The van der Waals surface area contributed by atoms with Crippen molar-refractivity contribution >= 4 is 11.8 Å². The van der Waals surface area contributed by atoms with Crippen LogP contribution in [0.25, 0.3) is 0 Å². The highest BCUT2D eigenvalue weighted by atomic mass is 16.2. The molecule has 0 spiro atoms. The van der Waals surface area contributed by atoms with Crippen LogP contribution in [0.3, 0.4) is 0 Å². The van der Waals surface area contributed by atoms with Crippen molar-refractivity contribution in [3.05, 3.63) is 54.1 Å². The number of hydrogen-bond acceptors (Lipinski definition) is 4. The fourth-order valence-corrected chi connectivity index (χ4v) is 4.09. The molecule has 7 nitrogen and oxygen atoms in total. The Morgan fingerprint density at radius 2 is 1.96 bits per heavy atom. The first-order valence-electron chi connectivity index (χ1n) is 9.92. The fourth-order valence-electron chi connectivity index (χ4n) is 4.09. The summed E-state index contributed by atoms with van der Waals surface area (Å²) in [6, 6.07) is 7.48. The summed E-state index contributed by atoms with van der Waals surface area (Å²) in [5.41, 5.74) is 1.57. The summed E-state index contributed by atoms with van der Waals surface area (Å²) in [6.45, 7) is 8.42. The zero-order valence-electron chi connectivity index (χ0n) is 16.5. The second-order valence-electron chi connectivity index (χ2n) is 7.81. The largest absolute Gasteiger partial charge is 0.341 e. The molecule has 2 amide bonds. The topological polar surface area (TPSA) is 61.7 Å². The van der Waals surface area contributed by atoms with Crippen LogP contribution in [-0.2, 0) is 17.9 Å². The van der Waals surface area contributed by atoms with Crippen molar-refractivity contribution in [1.29, 1.82) is 0 Å². The van der Waals surface area contributed by atoms with E-state index in [-0.39, 0.29) is 11.8 Å². The molecule has 1 unspecified atom stereocenters. The average Bonchev–Trinajstić information content (AvgIpc) is 3.19. The molecule has 1 saturated heterocycles. The maximum atomic E-state index is 13.4. The van der Waals surface area contributed by atoms with Crippen LogP contribution in [0.2, 0.25) is 0 Å².